The number of nitrogens with one attached hydrogen (secondary N) is 4. The van der Waals surface area contributed by atoms with Crippen LogP contribution in [-0.4, -0.2) is 71.1 Å². The highest BCUT2D eigenvalue weighted by Crippen LogP contribution is 2.24. The number of hydrazine groups is 1. The van der Waals surface area contributed by atoms with Gasteiger partial charge >= 0.3 is 0 Å². The number of fused-ring (bicyclic) bond motifs is 2. The van der Waals surface area contributed by atoms with Crippen LogP contribution in [0.1, 0.15) is 30.9 Å². The fraction of sp³-hybridized carbons (Fsp3) is 0.381. The zero-order valence-corrected chi connectivity index (χ0v) is 20.8. The van der Waals surface area contributed by atoms with Crippen molar-refractivity contribution in [1.29, 1.82) is 0 Å². The molecule has 2 amide bonds. The number of rotatable bonds is 4. The summed E-state index contributed by atoms with van der Waals surface area (Å²) < 4.78 is 13.5. The molecule has 0 saturated carbocycles. The Balaban J connectivity index is 0.00000162. The number of piperazine rings is 1. The van der Waals surface area contributed by atoms with E-state index in [2.05, 4.69) is 38.0 Å². The number of likely N-dealkylation sites (N-methyl/N-ethyl adjacent to an activating group) is 1. The van der Waals surface area contributed by atoms with Crippen molar-refractivity contribution in [3.8, 4) is 0 Å². The molecule has 1 atom stereocenters. The predicted octanol–water partition coefficient (Wildman–Crippen LogP) is 1.90. The minimum Gasteiger partial charge on any atom is -0.350 e. The number of nitrogens with zero attached hydrogens (tertiary/aromatic N) is 3. The smallest absolute Gasteiger partial charge is 0.282 e. The molecule has 1 saturated heterocycles. The Morgan fingerprint density at radius 2 is 2.03 bits per heavy atom. The Hall–Kier alpha value is -2.28. The van der Waals surface area contributed by atoms with Crippen LogP contribution in [-0.2, 0) is 13.0 Å². The first-order chi connectivity index (χ1) is 15.5. The SMILES string of the molecule is CN1CCc2nc(C(=O)NC3CNCCN3NC(=O)c3cc4cc(F)ccc4[nH]3)sc2C1.Cl.Cl. The molecule has 9 nitrogen and oxygen atoms in total. The minimum absolute atomic E-state index is 0. The second kappa shape index (κ2) is 11.0. The predicted molar refractivity (Wildman–Crippen MR) is 133 cm³/mol. The summed E-state index contributed by atoms with van der Waals surface area (Å²) in [5.41, 5.74) is 4.87. The quantitative estimate of drug-likeness (QED) is 0.411. The normalized spacial score (nSPS) is 18.5. The molecular formula is C21H26Cl2FN7O2S. The van der Waals surface area contributed by atoms with Crippen LogP contribution in [0.15, 0.2) is 24.3 Å². The lowest BCUT2D eigenvalue weighted by Gasteiger charge is -2.36. The summed E-state index contributed by atoms with van der Waals surface area (Å²) in [5, 5.41) is 9.00. The molecule has 0 radical (unpaired) electrons. The first kappa shape index (κ1) is 26.3. The van der Waals surface area contributed by atoms with Gasteiger partial charge in [0.05, 0.1) is 5.69 Å². The molecule has 0 spiro atoms. The van der Waals surface area contributed by atoms with Gasteiger partial charge in [0.1, 0.15) is 17.7 Å². The van der Waals surface area contributed by atoms with Gasteiger partial charge in [-0.2, -0.15) is 5.01 Å². The molecule has 2 aliphatic heterocycles. The molecule has 4 N–H and O–H groups in total. The van der Waals surface area contributed by atoms with E-state index < -0.39 is 6.17 Å². The van der Waals surface area contributed by atoms with E-state index in [0.717, 1.165) is 30.1 Å². The zero-order valence-electron chi connectivity index (χ0n) is 18.4. The van der Waals surface area contributed by atoms with Crippen molar-refractivity contribution < 1.29 is 14.0 Å². The van der Waals surface area contributed by atoms with Crippen LogP contribution in [0.3, 0.4) is 0 Å². The van der Waals surface area contributed by atoms with Crippen LogP contribution in [0, 0.1) is 5.82 Å². The third-order valence-corrected chi connectivity index (χ3v) is 6.81. The van der Waals surface area contributed by atoms with Crippen LogP contribution in [0.5, 0.6) is 0 Å². The number of carbonyl (C=O) groups is 2. The third kappa shape index (κ3) is 5.51. The molecule has 0 bridgehead atoms. The molecule has 5 rings (SSSR count). The van der Waals surface area contributed by atoms with E-state index in [1.165, 1.54) is 23.5 Å². The van der Waals surface area contributed by atoms with E-state index in [-0.39, 0.29) is 42.4 Å². The van der Waals surface area contributed by atoms with Crippen LogP contribution < -0.4 is 16.1 Å². The van der Waals surface area contributed by atoms with E-state index in [0.29, 0.717) is 41.2 Å². The number of carbonyl (C=O) groups excluding carboxylic acids is 2. The summed E-state index contributed by atoms with van der Waals surface area (Å²) in [6, 6.07) is 5.93. The summed E-state index contributed by atoms with van der Waals surface area (Å²) >= 11 is 1.42. The summed E-state index contributed by atoms with van der Waals surface area (Å²) in [4.78, 5) is 36.6. The molecule has 1 aromatic carbocycles. The molecule has 2 aliphatic rings. The Labute approximate surface area is 212 Å². The monoisotopic (exact) mass is 529 g/mol. The van der Waals surface area contributed by atoms with Gasteiger partial charge in [0, 0.05) is 54.9 Å². The molecule has 0 aliphatic carbocycles. The highest BCUT2D eigenvalue weighted by molar-refractivity contribution is 7.13. The summed E-state index contributed by atoms with van der Waals surface area (Å²) in [6.07, 6.45) is 0.419. The van der Waals surface area contributed by atoms with Gasteiger partial charge in [-0.05, 0) is 31.3 Å². The van der Waals surface area contributed by atoms with Crippen LogP contribution in [0.4, 0.5) is 4.39 Å². The molecule has 4 heterocycles. The van der Waals surface area contributed by atoms with Crippen LogP contribution in [0.25, 0.3) is 10.9 Å². The number of halogens is 3. The average molecular weight is 530 g/mol. The molecule has 3 aromatic rings. The second-order valence-electron chi connectivity index (χ2n) is 8.12. The first-order valence-corrected chi connectivity index (χ1v) is 11.3. The van der Waals surface area contributed by atoms with Crippen molar-refractivity contribution in [2.75, 3.05) is 33.2 Å². The maximum atomic E-state index is 13.5. The lowest BCUT2D eigenvalue weighted by molar-refractivity contribution is 0.0486. The number of hydrogen-bond donors (Lipinski definition) is 4. The fourth-order valence-corrected chi connectivity index (χ4v) is 5.11. The van der Waals surface area contributed by atoms with E-state index in [1.54, 1.807) is 17.1 Å². The number of H-pyrrole nitrogens is 1. The lowest BCUT2D eigenvalue weighted by Crippen LogP contribution is -2.64. The largest absolute Gasteiger partial charge is 0.350 e. The molecule has 2 aromatic heterocycles. The van der Waals surface area contributed by atoms with Crippen molar-refractivity contribution in [3.05, 3.63) is 51.4 Å². The van der Waals surface area contributed by atoms with Gasteiger partial charge in [-0.25, -0.2) is 9.37 Å². The second-order valence-corrected chi connectivity index (χ2v) is 9.20. The van der Waals surface area contributed by atoms with E-state index in [9.17, 15) is 14.0 Å². The number of aromatic nitrogens is 2. The topological polar surface area (TPSA) is 105 Å². The van der Waals surface area contributed by atoms with Gasteiger partial charge in [0.15, 0.2) is 5.01 Å². The Bertz CT molecular complexity index is 1190. The van der Waals surface area contributed by atoms with Crippen molar-refractivity contribution >= 4 is 58.9 Å². The number of aromatic amines is 1. The van der Waals surface area contributed by atoms with Crippen molar-refractivity contribution in [1.82, 2.24) is 35.9 Å². The number of hydrogen-bond acceptors (Lipinski definition) is 7. The van der Waals surface area contributed by atoms with Crippen LogP contribution in [0.2, 0.25) is 0 Å². The Morgan fingerprint density at radius 1 is 1.21 bits per heavy atom. The molecule has 34 heavy (non-hydrogen) atoms. The van der Waals surface area contributed by atoms with Crippen molar-refractivity contribution in [3.63, 3.8) is 0 Å². The van der Waals surface area contributed by atoms with E-state index >= 15 is 0 Å². The minimum atomic E-state index is -0.425. The van der Waals surface area contributed by atoms with Gasteiger partial charge in [-0.1, -0.05) is 0 Å². The number of benzene rings is 1. The summed E-state index contributed by atoms with van der Waals surface area (Å²) in [5.74, 6) is -0.958. The molecule has 1 fully saturated rings. The van der Waals surface area contributed by atoms with Crippen molar-refractivity contribution in [2.45, 2.75) is 19.1 Å². The number of thiazole rings is 1. The van der Waals surface area contributed by atoms with E-state index in [4.69, 9.17) is 0 Å². The fourth-order valence-electron chi connectivity index (χ4n) is 4.02. The summed E-state index contributed by atoms with van der Waals surface area (Å²) in [7, 11) is 2.06. The van der Waals surface area contributed by atoms with Crippen LogP contribution >= 0.6 is 36.2 Å². The first-order valence-electron chi connectivity index (χ1n) is 10.5. The Morgan fingerprint density at radius 3 is 2.85 bits per heavy atom. The molecule has 13 heteroatoms. The molecule has 1 unspecified atom stereocenters. The highest BCUT2D eigenvalue weighted by atomic mass is 35.5. The van der Waals surface area contributed by atoms with Crippen molar-refractivity contribution in [2.24, 2.45) is 0 Å². The van der Waals surface area contributed by atoms with Gasteiger partial charge in [-0.3, -0.25) is 15.0 Å². The van der Waals surface area contributed by atoms with Gasteiger partial charge < -0.3 is 20.5 Å². The zero-order chi connectivity index (χ0) is 22.2. The molecule has 184 valence electrons. The summed E-state index contributed by atoms with van der Waals surface area (Å²) in [6.45, 7) is 3.41. The maximum Gasteiger partial charge on any atom is 0.282 e. The average Bonchev–Trinajstić information content (AvgIpc) is 3.38. The van der Waals surface area contributed by atoms with Gasteiger partial charge in [0.2, 0.25) is 0 Å². The standard InChI is InChI=1S/C21H24FN7O2S.2ClH/c1-28-6-4-15-17(11-28)32-21(25-15)20(31)26-18-10-23-5-7-29(18)27-19(30)16-9-12-8-13(22)2-3-14(12)24-16;;/h2-3,8-9,18,23-24H,4-7,10-11H2,1H3,(H,26,31)(H,27,30);2*1H. The van der Waals surface area contributed by atoms with Gasteiger partial charge in [-0.15, -0.1) is 36.2 Å². The lowest BCUT2D eigenvalue weighted by atomic mass is 10.2. The Kier molecular flexibility index (Phi) is 8.50. The molecular weight excluding hydrogens is 504 g/mol. The number of amides is 2. The van der Waals surface area contributed by atoms with E-state index in [1.807, 2.05) is 0 Å². The third-order valence-electron chi connectivity index (χ3n) is 5.73. The van der Waals surface area contributed by atoms with Gasteiger partial charge in [0.25, 0.3) is 11.8 Å². The maximum absolute atomic E-state index is 13.5. The highest BCUT2D eigenvalue weighted by Gasteiger charge is 2.28.